The topological polar surface area (TPSA) is 105 Å². The van der Waals surface area contributed by atoms with Crippen LogP contribution in [0, 0.1) is 0 Å². The molecule has 0 spiro atoms. The fourth-order valence-electron chi connectivity index (χ4n) is 5.30. The number of thioether (sulfide) groups is 1. The first-order valence-corrected chi connectivity index (χ1v) is 20.8. The molecule has 0 saturated carbocycles. The van der Waals surface area contributed by atoms with Gasteiger partial charge in [0.2, 0.25) is 5.52 Å². The molecule has 2 aromatic carbocycles. The zero-order valence-electron chi connectivity index (χ0n) is 26.4. The van der Waals surface area contributed by atoms with Crippen molar-refractivity contribution in [3.8, 4) is 0 Å². The van der Waals surface area contributed by atoms with E-state index >= 15 is 0 Å². The number of benzene rings is 2. The number of hydrogen-bond donors (Lipinski definition) is 1. The molecule has 4 rings (SSSR count). The SMILES string of the molecule is CCC(/C=C1\Sc2ccc(Cl)cc2N1CCCS(=O)(=O)O[N+](CC)(CC)CC)=C\c1sc2ccc(Cl)cc2[n+]1CCCS(=O)(=O)O. The number of hydroxylamine groups is 3. The molecule has 0 unspecified atom stereocenters. The van der Waals surface area contributed by atoms with E-state index in [-0.39, 0.29) is 22.6 Å². The second-order valence-electron chi connectivity index (χ2n) is 11.0. The van der Waals surface area contributed by atoms with Crippen LogP contribution in [0.5, 0.6) is 0 Å². The number of allylic oxidation sites excluding steroid dienone is 2. The molecule has 0 saturated heterocycles. The molecule has 0 radical (unpaired) electrons. The number of fused-ring (bicyclic) bond motifs is 2. The van der Waals surface area contributed by atoms with Crippen molar-refractivity contribution in [3.63, 3.8) is 0 Å². The first kappa shape index (κ1) is 37.1. The van der Waals surface area contributed by atoms with E-state index in [1.807, 2.05) is 61.7 Å². The smallest absolute Gasteiger partial charge is 0.314 e. The number of anilines is 1. The standard InChI is InChI=1S/C31H40Cl2N3O6S4/c1-5-23(19-30-34(15-9-17-45(37,38)39)26-21-24(32)11-13-28(26)43-30)20-31-35(27-22-25(33)12-14-29(27)44-31)16-10-18-46(40,41)42-36(6-2,7-3)8-4/h11-14,19-22H,5-10,15-18H2,1-4H3/q+1/p+1. The lowest BCUT2D eigenvalue weighted by Crippen LogP contribution is -2.49. The van der Waals surface area contributed by atoms with Crippen LogP contribution in [-0.2, 0) is 31.1 Å². The van der Waals surface area contributed by atoms with E-state index in [2.05, 4.69) is 24.0 Å². The normalized spacial score (nSPS) is 15.3. The number of thiazole rings is 1. The fourth-order valence-corrected chi connectivity index (χ4v) is 9.77. The van der Waals surface area contributed by atoms with Crippen LogP contribution < -0.4 is 9.47 Å². The molecule has 1 aliphatic rings. The number of rotatable bonds is 16. The highest BCUT2D eigenvalue weighted by Gasteiger charge is 2.32. The highest BCUT2D eigenvalue weighted by atomic mass is 35.5. The molecule has 0 bridgehead atoms. The first-order chi connectivity index (χ1) is 21.7. The van der Waals surface area contributed by atoms with Gasteiger partial charge in [-0.05, 0) is 75.6 Å². The van der Waals surface area contributed by atoms with Crippen LogP contribution in [0.3, 0.4) is 0 Å². The number of hydrogen-bond acceptors (Lipinski definition) is 8. The molecule has 0 aliphatic carbocycles. The zero-order valence-corrected chi connectivity index (χ0v) is 31.2. The van der Waals surface area contributed by atoms with Crippen LogP contribution in [0.15, 0.2) is 58.0 Å². The van der Waals surface area contributed by atoms with Crippen molar-refractivity contribution in [1.82, 2.24) is 0 Å². The molecular weight excluding hydrogens is 710 g/mol. The van der Waals surface area contributed by atoms with Crippen LogP contribution in [0.25, 0.3) is 16.3 Å². The fraction of sp³-hybridized carbons (Fsp3) is 0.452. The maximum atomic E-state index is 13.0. The quantitative estimate of drug-likeness (QED) is 0.0693. The summed E-state index contributed by atoms with van der Waals surface area (Å²) in [5, 5.41) is 3.04. The third kappa shape index (κ3) is 9.48. The maximum Gasteiger partial charge on any atom is 0.314 e. The van der Waals surface area contributed by atoms with Crippen molar-refractivity contribution < 1.29 is 34.9 Å². The molecule has 0 fully saturated rings. The number of halogens is 2. The van der Waals surface area contributed by atoms with Gasteiger partial charge in [0, 0.05) is 40.0 Å². The molecule has 46 heavy (non-hydrogen) atoms. The summed E-state index contributed by atoms with van der Waals surface area (Å²) in [4.78, 5) is 3.14. The summed E-state index contributed by atoms with van der Waals surface area (Å²) in [5.41, 5.74) is 2.84. The average molecular weight is 751 g/mol. The van der Waals surface area contributed by atoms with Crippen molar-refractivity contribution in [3.05, 3.63) is 68.1 Å². The average Bonchev–Trinajstić information content (AvgIpc) is 3.51. The Hall–Kier alpha value is -1.68. The number of aryl methyl sites for hydroxylation is 1. The van der Waals surface area contributed by atoms with E-state index < -0.39 is 20.2 Å². The monoisotopic (exact) mass is 749 g/mol. The van der Waals surface area contributed by atoms with E-state index in [0.717, 1.165) is 36.4 Å². The lowest BCUT2D eigenvalue weighted by molar-refractivity contribution is -1.08. The second kappa shape index (κ2) is 15.7. The molecule has 0 amide bonds. The second-order valence-corrected chi connectivity index (χ2v) is 17.2. The van der Waals surface area contributed by atoms with Gasteiger partial charge in [-0.3, -0.25) is 4.55 Å². The molecule has 1 aliphatic heterocycles. The first-order valence-electron chi connectivity index (χ1n) is 15.3. The molecule has 252 valence electrons. The van der Waals surface area contributed by atoms with Gasteiger partial charge in [-0.25, -0.2) is 0 Å². The highest BCUT2D eigenvalue weighted by molar-refractivity contribution is 8.03. The van der Waals surface area contributed by atoms with Gasteiger partial charge in [-0.1, -0.05) is 57.5 Å². The summed E-state index contributed by atoms with van der Waals surface area (Å²) in [6.07, 6.45) is 5.51. The molecule has 3 aromatic rings. The summed E-state index contributed by atoms with van der Waals surface area (Å²) >= 11 is 15.9. The van der Waals surface area contributed by atoms with E-state index in [1.165, 1.54) is 0 Å². The van der Waals surface area contributed by atoms with E-state index in [0.29, 0.717) is 55.6 Å². The van der Waals surface area contributed by atoms with Crippen molar-refractivity contribution in [2.45, 2.75) is 58.4 Å². The Bertz CT molecular complexity index is 1830. The molecule has 9 nitrogen and oxygen atoms in total. The van der Waals surface area contributed by atoms with Crippen molar-refractivity contribution in [2.75, 3.05) is 42.6 Å². The van der Waals surface area contributed by atoms with Crippen LogP contribution in [0.1, 0.15) is 52.0 Å². The zero-order chi connectivity index (χ0) is 33.7. The van der Waals surface area contributed by atoms with Crippen LogP contribution in [0.2, 0.25) is 10.0 Å². The molecule has 0 atom stereocenters. The van der Waals surface area contributed by atoms with Crippen molar-refractivity contribution in [2.24, 2.45) is 0 Å². The van der Waals surface area contributed by atoms with Gasteiger partial charge in [0.1, 0.15) is 24.3 Å². The largest absolute Gasteiger partial charge is 0.335 e. The lowest BCUT2D eigenvalue weighted by atomic mass is 10.2. The van der Waals surface area contributed by atoms with Gasteiger partial charge < -0.3 is 4.90 Å². The minimum absolute atomic E-state index is 0.0654. The van der Waals surface area contributed by atoms with Crippen molar-refractivity contribution in [1.29, 1.82) is 0 Å². The molecule has 15 heteroatoms. The third-order valence-corrected chi connectivity index (χ3v) is 12.8. The van der Waals surface area contributed by atoms with Gasteiger partial charge in [0.25, 0.3) is 15.1 Å². The minimum atomic E-state index is -4.09. The van der Waals surface area contributed by atoms with Gasteiger partial charge in [0.05, 0.1) is 22.2 Å². The molecule has 2 heterocycles. The van der Waals surface area contributed by atoms with Crippen LogP contribution in [-0.4, -0.2) is 63.7 Å². The van der Waals surface area contributed by atoms with Crippen LogP contribution >= 0.6 is 46.3 Å². The Morgan fingerprint density at radius 3 is 2.30 bits per heavy atom. The van der Waals surface area contributed by atoms with E-state index in [9.17, 15) is 21.4 Å². The summed E-state index contributed by atoms with van der Waals surface area (Å²) in [7, 11) is -7.84. The molecule has 1 aromatic heterocycles. The van der Waals surface area contributed by atoms with Crippen molar-refractivity contribution >= 4 is 88.5 Å². The number of nitrogens with zero attached hydrogens (tertiary/aromatic N) is 3. The summed E-state index contributed by atoms with van der Waals surface area (Å²) in [6.45, 7) is 10.4. The van der Waals surface area contributed by atoms with Gasteiger partial charge in [0.15, 0.2) is 6.54 Å². The van der Waals surface area contributed by atoms with E-state index in [4.69, 9.17) is 27.5 Å². The Morgan fingerprint density at radius 1 is 0.978 bits per heavy atom. The minimum Gasteiger partial charge on any atom is -0.335 e. The number of aromatic nitrogens is 1. The Kier molecular flexibility index (Phi) is 12.7. The summed E-state index contributed by atoms with van der Waals surface area (Å²) in [5.74, 6) is -0.448. The van der Waals surface area contributed by atoms with Gasteiger partial charge in [-0.2, -0.15) is 26.0 Å². The molecule has 1 N–H and O–H groups in total. The van der Waals surface area contributed by atoms with Gasteiger partial charge >= 0.3 is 10.1 Å². The maximum absolute atomic E-state index is 13.0. The Morgan fingerprint density at radius 2 is 1.65 bits per heavy atom. The Balaban J connectivity index is 1.64. The summed E-state index contributed by atoms with van der Waals surface area (Å²) < 4.78 is 66.9. The third-order valence-electron chi connectivity index (χ3n) is 7.97. The highest BCUT2D eigenvalue weighted by Crippen LogP contribution is 2.47. The van der Waals surface area contributed by atoms with E-state index in [1.54, 1.807) is 23.1 Å². The molecular formula is C31H41Cl2N3O6S4+2. The van der Waals surface area contributed by atoms with Crippen LogP contribution in [0.4, 0.5) is 5.69 Å². The number of quaternary nitrogens is 1. The summed E-state index contributed by atoms with van der Waals surface area (Å²) in [6, 6.07) is 11.3. The lowest BCUT2D eigenvalue weighted by Gasteiger charge is -2.31. The Labute approximate surface area is 290 Å². The van der Waals surface area contributed by atoms with Gasteiger partial charge in [-0.15, -0.1) is 0 Å². The predicted octanol–water partition coefficient (Wildman–Crippen LogP) is 7.55. The predicted molar refractivity (Wildman–Crippen MR) is 190 cm³/mol.